The number of nitrogens with one attached hydrogen (secondary N) is 1. The average Bonchev–Trinajstić information content (AvgIpc) is 2.94. The van der Waals surface area contributed by atoms with E-state index >= 15 is 0 Å². The molecule has 1 aromatic rings. The first-order valence-electron chi connectivity index (χ1n) is 10.7. The molecule has 1 atom stereocenters. The highest BCUT2D eigenvalue weighted by molar-refractivity contribution is 5.97. The largest absolute Gasteiger partial charge is 0.494 e. The number of amides is 1. The van der Waals surface area contributed by atoms with Crippen LogP contribution in [0.4, 0.5) is 5.69 Å². The number of hydrogen-bond donors (Lipinski definition) is 1. The quantitative estimate of drug-likeness (QED) is 0.587. The molecular formula is C23H38N2O3. The third-order valence-electron chi connectivity index (χ3n) is 5.43. The number of likely N-dealkylation sites (tertiary alicyclic amines) is 1. The van der Waals surface area contributed by atoms with E-state index in [1.807, 2.05) is 31.2 Å². The van der Waals surface area contributed by atoms with Crippen molar-refractivity contribution in [2.24, 2.45) is 5.92 Å². The van der Waals surface area contributed by atoms with E-state index in [4.69, 9.17) is 9.47 Å². The molecule has 1 aliphatic heterocycles. The summed E-state index contributed by atoms with van der Waals surface area (Å²) in [6.07, 6.45) is 7.11. The molecule has 0 aliphatic carbocycles. The van der Waals surface area contributed by atoms with E-state index in [9.17, 15) is 4.79 Å². The van der Waals surface area contributed by atoms with Crippen molar-refractivity contribution in [3.8, 4) is 5.75 Å². The van der Waals surface area contributed by atoms with Crippen molar-refractivity contribution in [3.05, 3.63) is 24.3 Å². The zero-order valence-electron chi connectivity index (χ0n) is 18.1. The van der Waals surface area contributed by atoms with Gasteiger partial charge < -0.3 is 19.7 Å². The summed E-state index contributed by atoms with van der Waals surface area (Å²) in [6, 6.07) is 7.59. The lowest BCUT2D eigenvalue weighted by Crippen LogP contribution is -2.43. The fourth-order valence-electron chi connectivity index (χ4n) is 3.78. The van der Waals surface area contributed by atoms with Crippen LogP contribution in [0.2, 0.25) is 0 Å². The second-order valence-electron chi connectivity index (χ2n) is 8.47. The maximum absolute atomic E-state index is 12.6. The van der Waals surface area contributed by atoms with Crippen LogP contribution in [0.1, 0.15) is 59.3 Å². The number of ether oxygens (including phenoxy) is 2. The molecule has 5 nitrogen and oxygen atoms in total. The molecule has 158 valence electrons. The number of carbonyl (C=O) groups excluding carboxylic acids is 1. The van der Waals surface area contributed by atoms with Gasteiger partial charge in [-0.15, -0.1) is 0 Å². The van der Waals surface area contributed by atoms with Crippen LogP contribution >= 0.6 is 0 Å². The van der Waals surface area contributed by atoms with Gasteiger partial charge in [0, 0.05) is 19.3 Å². The number of anilines is 1. The van der Waals surface area contributed by atoms with Gasteiger partial charge in [-0.25, -0.2) is 0 Å². The van der Waals surface area contributed by atoms with Crippen LogP contribution in [0.5, 0.6) is 5.75 Å². The van der Waals surface area contributed by atoms with Crippen molar-refractivity contribution in [1.82, 2.24) is 4.90 Å². The average molecular weight is 391 g/mol. The molecule has 1 saturated heterocycles. The summed E-state index contributed by atoms with van der Waals surface area (Å²) in [5.74, 6) is 1.10. The monoisotopic (exact) mass is 390 g/mol. The minimum atomic E-state index is -0.823. The molecular weight excluding hydrogens is 352 g/mol. The van der Waals surface area contributed by atoms with Crippen LogP contribution in [0, 0.1) is 5.92 Å². The fraction of sp³-hybridized carbons (Fsp3) is 0.696. The van der Waals surface area contributed by atoms with Gasteiger partial charge in [-0.2, -0.15) is 0 Å². The summed E-state index contributed by atoms with van der Waals surface area (Å²) < 4.78 is 11.4. The molecule has 1 aliphatic rings. The summed E-state index contributed by atoms with van der Waals surface area (Å²) in [6.45, 7) is 10.3. The van der Waals surface area contributed by atoms with E-state index in [1.54, 1.807) is 7.11 Å². The zero-order valence-corrected chi connectivity index (χ0v) is 18.1. The van der Waals surface area contributed by atoms with Crippen molar-refractivity contribution >= 4 is 11.6 Å². The van der Waals surface area contributed by atoms with Gasteiger partial charge in [0.25, 0.3) is 5.91 Å². The van der Waals surface area contributed by atoms with Crippen molar-refractivity contribution in [2.45, 2.75) is 64.9 Å². The summed E-state index contributed by atoms with van der Waals surface area (Å²) >= 11 is 0. The van der Waals surface area contributed by atoms with E-state index in [2.05, 4.69) is 24.1 Å². The van der Waals surface area contributed by atoms with Crippen LogP contribution in [0.3, 0.4) is 0 Å². The lowest BCUT2D eigenvalue weighted by Gasteiger charge is -2.28. The number of rotatable bonds is 10. The Bertz CT molecular complexity index is 580. The summed E-state index contributed by atoms with van der Waals surface area (Å²) in [5.41, 5.74) is -0.0645. The molecule has 1 unspecified atom stereocenters. The smallest absolute Gasteiger partial charge is 0.256 e. The van der Waals surface area contributed by atoms with E-state index < -0.39 is 5.60 Å². The van der Waals surface area contributed by atoms with E-state index in [1.165, 1.54) is 38.8 Å². The Morgan fingerprint density at radius 3 is 2.36 bits per heavy atom. The van der Waals surface area contributed by atoms with Crippen LogP contribution in [0.25, 0.3) is 0 Å². The van der Waals surface area contributed by atoms with E-state index in [0.29, 0.717) is 12.3 Å². The van der Waals surface area contributed by atoms with Crippen LogP contribution < -0.4 is 10.1 Å². The predicted molar refractivity (Wildman–Crippen MR) is 115 cm³/mol. The van der Waals surface area contributed by atoms with E-state index in [0.717, 1.165) is 31.0 Å². The van der Waals surface area contributed by atoms with Gasteiger partial charge in [-0.05, 0) is 75.9 Å². The molecule has 0 bridgehead atoms. The molecule has 0 radical (unpaired) electrons. The highest BCUT2D eigenvalue weighted by atomic mass is 16.5. The normalized spacial score (nSPS) is 17.8. The maximum atomic E-state index is 12.6. The molecule has 1 fully saturated rings. The molecule has 28 heavy (non-hydrogen) atoms. The Morgan fingerprint density at radius 2 is 1.79 bits per heavy atom. The summed E-state index contributed by atoms with van der Waals surface area (Å²) in [7, 11) is 1.59. The van der Waals surface area contributed by atoms with Crippen molar-refractivity contribution in [3.63, 3.8) is 0 Å². The molecule has 1 aromatic carbocycles. The lowest BCUT2D eigenvalue weighted by molar-refractivity contribution is -0.137. The first-order chi connectivity index (χ1) is 13.4. The first kappa shape index (κ1) is 22.7. The molecule has 5 heteroatoms. The van der Waals surface area contributed by atoms with Crippen molar-refractivity contribution in [1.29, 1.82) is 0 Å². The van der Waals surface area contributed by atoms with Crippen LogP contribution in [-0.4, -0.2) is 49.8 Å². The number of nitrogens with zero attached hydrogens (tertiary/aromatic N) is 1. The molecule has 0 spiro atoms. The highest BCUT2D eigenvalue weighted by Gasteiger charge is 2.33. The Labute approximate surface area is 170 Å². The second-order valence-corrected chi connectivity index (χ2v) is 8.47. The zero-order chi connectivity index (χ0) is 20.4. The first-order valence-corrected chi connectivity index (χ1v) is 10.7. The fourth-order valence-corrected chi connectivity index (χ4v) is 3.78. The Hall–Kier alpha value is -1.59. The van der Waals surface area contributed by atoms with Crippen molar-refractivity contribution in [2.75, 3.05) is 38.7 Å². The van der Waals surface area contributed by atoms with Crippen LogP contribution in [0.15, 0.2) is 24.3 Å². The molecule has 1 N–H and O–H groups in total. The minimum Gasteiger partial charge on any atom is -0.494 e. The Balaban J connectivity index is 1.75. The topological polar surface area (TPSA) is 50.8 Å². The van der Waals surface area contributed by atoms with Crippen LogP contribution in [-0.2, 0) is 9.53 Å². The van der Waals surface area contributed by atoms with Gasteiger partial charge >= 0.3 is 0 Å². The standard InChI is InChI=1S/C23H38N2O3/c1-19(2)18-23(3,27-4)22(26)24-20-10-12-21(13-11-20)28-17-9-16-25-14-7-5-6-8-15-25/h10-13,19H,5-9,14-18H2,1-4H3,(H,24,26). The number of methoxy groups -OCH3 is 1. The third-order valence-corrected chi connectivity index (χ3v) is 5.43. The SMILES string of the molecule is COC(C)(CC(C)C)C(=O)Nc1ccc(OCCCN2CCCCCC2)cc1. The van der Waals surface area contributed by atoms with Gasteiger partial charge in [0.15, 0.2) is 0 Å². The van der Waals surface area contributed by atoms with Gasteiger partial charge in [-0.1, -0.05) is 26.7 Å². The van der Waals surface area contributed by atoms with Gasteiger partial charge in [-0.3, -0.25) is 4.79 Å². The number of hydrogen-bond acceptors (Lipinski definition) is 4. The van der Waals surface area contributed by atoms with Crippen molar-refractivity contribution < 1.29 is 14.3 Å². The number of benzene rings is 1. The van der Waals surface area contributed by atoms with E-state index in [-0.39, 0.29) is 5.91 Å². The Kier molecular flexibility index (Phi) is 9.26. The summed E-state index contributed by atoms with van der Waals surface area (Å²) in [4.78, 5) is 15.2. The second kappa shape index (κ2) is 11.4. The molecule has 0 aromatic heterocycles. The lowest BCUT2D eigenvalue weighted by atomic mass is 9.93. The van der Waals surface area contributed by atoms with Gasteiger partial charge in [0.2, 0.25) is 0 Å². The molecule has 1 amide bonds. The Morgan fingerprint density at radius 1 is 1.14 bits per heavy atom. The predicted octanol–water partition coefficient (Wildman–Crippen LogP) is 4.72. The minimum absolute atomic E-state index is 0.116. The molecule has 1 heterocycles. The van der Waals surface area contributed by atoms with Gasteiger partial charge in [0.05, 0.1) is 6.61 Å². The maximum Gasteiger partial charge on any atom is 0.256 e. The van der Waals surface area contributed by atoms with Gasteiger partial charge in [0.1, 0.15) is 11.4 Å². The molecule has 0 saturated carbocycles. The third kappa shape index (κ3) is 7.44. The highest BCUT2D eigenvalue weighted by Crippen LogP contribution is 2.23. The summed E-state index contributed by atoms with van der Waals surface area (Å²) in [5, 5.41) is 2.96. The molecule has 2 rings (SSSR count). The number of carbonyl (C=O) groups is 1.